The first-order chi connectivity index (χ1) is 9.65. The Morgan fingerprint density at radius 3 is 2.90 bits per heavy atom. The van der Waals surface area contributed by atoms with Gasteiger partial charge in [0, 0.05) is 14.2 Å². The molecule has 100 valence electrons. The predicted molar refractivity (Wildman–Crippen MR) is 85.0 cm³/mol. The maximum Gasteiger partial charge on any atom is 0.262 e. The summed E-state index contributed by atoms with van der Waals surface area (Å²) < 4.78 is 6.95. The number of aromatic hydroxyl groups is 1. The van der Waals surface area contributed by atoms with Gasteiger partial charge in [0.05, 0.1) is 5.56 Å². The van der Waals surface area contributed by atoms with E-state index in [1.807, 2.05) is 6.07 Å². The zero-order valence-electron chi connectivity index (χ0n) is 9.92. The fourth-order valence-electron chi connectivity index (χ4n) is 1.66. The molecule has 0 unspecified atom stereocenters. The van der Waals surface area contributed by atoms with Crippen molar-refractivity contribution < 1.29 is 9.63 Å². The van der Waals surface area contributed by atoms with Gasteiger partial charge in [-0.15, -0.1) is 0 Å². The number of aromatic nitrogens is 3. The van der Waals surface area contributed by atoms with Crippen molar-refractivity contribution in [3.8, 4) is 28.7 Å². The highest BCUT2D eigenvalue weighted by Crippen LogP contribution is 2.31. The van der Waals surface area contributed by atoms with Gasteiger partial charge < -0.3 is 9.63 Å². The number of pyridine rings is 1. The summed E-state index contributed by atoms with van der Waals surface area (Å²) in [6, 6.07) is 8.82. The first-order valence-corrected chi connectivity index (χ1v) is 7.46. The summed E-state index contributed by atoms with van der Waals surface area (Å²) in [5, 5.41) is 13.8. The van der Waals surface area contributed by atoms with Crippen LogP contribution in [0.4, 0.5) is 0 Å². The highest BCUT2D eigenvalue weighted by Gasteiger charge is 2.16. The van der Waals surface area contributed by atoms with E-state index in [1.165, 1.54) is 0 Å². The van der Waals surface area contributed by atoms with Gasteiger partial charge in [0.2, 0.25) is 5.82 Å². The summed E-state index contributed by atoms with van der Waals surface area (Å²) in [6.45, 7) is 0. The van der Waals surface area contributed by atoms with Gasteiger partial charge in [0.1, 0.15) is 11.4 Å². The van der Waals surface area contributed by atoms with Crippen LogP contribution in [0.15, 0.2) is 45.5 Å². The smallest absolute Gasteiger partial charge is 0.262 e. The Morgan fingerprint density at radius 1 is 1.25 bits per heavy atom. The number of rotatable bonds is 2. The normalized spacial score (nSPS) is 10.7. The Kier molecular flexibility index (Phi) is 3.70. The summed E-state index contributed by atoms with van der Waals surface area (Å²) in [7, 11) is 0. The van der Waals surface area contributed by atoms with Crippen molar-refractivity contribution in [1.82, 2.24) is 15.1 Å². The second-order valence-electron chi connectivity index (χ2n) is 3.92. The minimum atomic E-state index is 0.0979. The zero-order chi connectivity index (χ0) is 14.1. The fourth-order valence-corrected chi connectivity index (χ4v) is 2.58. The van der Waals surface area contributed by atoms with Crippen LogP contribution in [0.5, 0.6) is 5.75 Å². The van der Waals surface area contributed by atoms with Crippen LogP contribution < -0.4 is 0 Å². The molecule has 0 bridgehead atoms. The highest BCUT2D eigenvalue weighted by atomic mass is 127. The number of hydrogen-bond donors (Lipinski definition) is 1. The third kappa shape index (κ3) is 2.55. The van der Waals surface area contributed by atoms with Gasteiger partial charge in [-0.05, 0) is 68.9 Å². The number of nitrogens with zero attached hydrogens (tertiary/aromatic N) is 3. The molecule has 2 aromatic heterocycles. The lowest BCUT2D eigenvalue weighted by Crippen LogP contribution is -1.87. The van der Waals surface area contributed by atoms with Gasteiger partial charge in [0.15, 0.2) is 0 Å². The Morgan fingerprint density at radius 2 is 2.10 bits per heavy atom. The van der Waals surface area contributed by atoms with Crippen LogP contribution in [0.3, 0.4) is 0 Å². The molecule has 0 atom stereocenters. The summed E-state index contributed by atoms with van der Waals surface area (Å²) >= 11 is 5.54. The number of phenolic OH excluding ortho intramolecular Hbond substituents is 1. The van der Waals surface area contributed by atoms with Crippen molar-refractivity contribution in [1.29, 1.82) is 0 Å². The van der Waals surface area contributed by atoms with Crippen molar-refractivity contribution >= 4 is 38.5 Å². The quantitative estimate of drug-likeness (QED) is 0.608. The van der Waals surface area contributed by atoms with Crippen molar-refractivity contribution in [2.75, 3.05) is 0 Å². The minimum Gasteiger partial charge on any atom is -0.507 e. The molecular formula is C13H7BrIN3O2. The maximum absolute atomic E-state index is 9.87. The standard InChI is InChI=1S/C13H7BrIN3O2/c14-9-2-1-5-16-11(9)12-17-13(20-18-12)8-6-7(15)3-4-10(8)19/h1-6,19H. The molecule has 2 heterocycles. The lowest BCUT2D eigenvalue weighted by Gasteiger charge is -1.99. The van der Waals surface area contributed by atoms with E-state index >= 15 is 0 Å². The lowest BCUT2D eigenvalue weighted by atomic mass is 10.2. The summed E-state index contributed by atoms with van der Waals surface area (Å²) in [5.74, 6) is 0.722. The van der Waals surface area contributed by atoms with Crippen molar-refractivity contribution in [2.45, 2.75) is 0 Å². The van der Waals surface area contributed by atoms with Crippen molar-refractivity contribution in [2.24, 2.45) is 0 Å². The summed E-state index contributed by atoms with van der Waals surface area (Å²) in [4.78, 5) is 8.48. The lowest BCUT2D eigenvalue weighted by molar-refractivity contribution is 0.425. The van der Waals surface area contributed by atoms with Gasteiger partial charge in [-0.2, -0.15) is 4.98 Å². The van der Waals surface area contributed by atoms with Gasteiger partial charge in [-0.1, -0.05) is 5.16 Å². The molecule has 5 nitrogen and oxygen atoms in total. The third-order valence-electron chi connectivity index (χ3n) is 2.59. The predicted octanol–water partition coefficient (Wildman–Crippen LogP) is 3.87. The molecule has 3 aromatic rings. The molecule has 0 saturated carbocycles. The number of phenols is 1. The second-order valence-corrected chi connectivity index (χ2v) is 6.02. The van der Waals surface area contributed by atoms with E-state index in [0.717, 1.165) is 8.04 Å². The van der Waals surface area contributed by atoms with Crippen molar-refractivity contribution in [3.63, 3.8) is 0 Å². The van der Waals surface area contributed by atoms with Gasteiger partial charge >= 0.3 is 0 Å². The van der Waals surface area contributed by atoms with Gasteiger partial charge in [0.25, 0.3) is 5.89 Å². The van der Waals surface area contributed by atoms with Crippen LogP contribution in [0.2, 0.25) is 0 Å². The molecule has 0 amide bonds. The molecular weight excluding hydrogens is 437 g/mol. The molecule has 3 rings (SSSR count). The Hall–Kier alpha value is -1.48. The Labute approximate surface area is 136 Å². The number of benzene rings is 1. The van der Waals surface area contributed by atoms with E-state index in [0.29, 0.717) is 17.1 Å². The first-order valence-electron chi connectivity index (χ1n) is 5.58. The molecule has 0 aliphatic rings. The highest BCUT2D eigenvalue weighted by molar-refractivity contribution is 14.1. The SMILES string of the molecule is Oc1ccc(I)cc1-c1nc(-c2ncccc2Br)no1. The van der Waals surface area contributed by atoms with Crippen LogP contribution in [0.25, 0.3) is 23.0 Å². The van der Waals surface area contributed by atoms with E-state index in [-0.39, 0.29) is 11.6 Å². The van der Waals surface area contributed by atoms with E-state index in [1.54, 1.807) is 30.5 Å². The minimum absolute atomic E-state index is 0.0979. The van der Waals surface area contributed by atoms with Crippen LogP contribution in [-0.2, 0) is 0 Å². The molecule has 0 fully saturated rings. The number of halogens is 2. The summed E-state index contributed by atoms with van der Waals surface area (Å²) in [6.07, 6.45) is 1.65. The first kappa shape index (κ1) is 13.5. The Balaban J connectivity index is 2.07. The monoisotopic (exact) mass is 443 g/mol. The van der Waals surface area contributed by atoms with E-state index in [2.05, 4.69) is 53.6 Å². The van der Waals surface area contributed by atoms with Crippen LogP contribution >= 0.6 is 38.5 Å². The molecule has 1 aromatic carbocycles. The van der Waals surface area contributed by atoms with Crippen LogP contribution in [0, 0.1) is 3.57 Å². The molecule has 0 aliphatic heterocycles. The van der Waals surface area contributed by atoms with E-state index in [4.69, 9.17) is 4.52 Å². The molecule has 0 radical (unpaired) electrons. The molecule has 1 N–H and O–H groups in total. The van der Waals surface area contributed by atoms with Gasteiger partial charge in [-0.3, -0.25) is 4.98 Å². The molecule has 20 heavy (non-hydrogen) atoms. The van der Waals surface area contributed by atoms with Crippen LogP contribution in [0.1, 0.15) is 0 Å². The maximum atomic E-state index is 9.87. The average Bonchev–Trinajstić information content (AvgIpc) is 2.91. The van der Waals surface area contributed by atoms with Crippen LogP contribution in [-0.4, -0.2) is 20.2 Å². The van der Waals surface area contributed by atoms with E-state index < -0.39 is 0 Å². The molecule has 0 saturated heterocycles. The molecule has 7 heteroatoms. The zero-order valence-corrected chi connectivity index (χ0v) is 13.7. The Bertz CT molecular complexity index is 776. The average molecular weight is 444 g/mol. The third-order valence-corrected chi connectivity index (χ3v) is 3.90. The largest absolute Gasteiger partial charge is 0.507 e. The van der Waals surface area contributed by atoms with E-state index in [9.17, 15) is 5.11 Å². The molecule has 0 aliphatic carbocycles. The van der Waals surface area contributed by atoms with Gasteiger partial charge in [-0.25, -0.2) is 0 Å². The second kappa shape index (κ2) is 5.49. The molecule has 0 spiro atoms. The van der Waals surface area contributed by atoms with Crippen molar-refractivity contribution in [3.05, 3.63) is 44.6 Å². The summed E-state index contributed by atoms with van der Waals surface area (Å²) in [5.41, 5.74) is 1.09. The fraction of sp³-hybridized carbons (Fsp3) is 0. The number of hydrogen-bond acceptors (Lipinski definition) is 5. The topological polar surface area (TPSA) is 72.0 Å².